The molecule has 0 saturated heterocycles. The van der Waals surface area contributed by atoms with E-state index in [1.165, 1.54) is 27.2 Å². The Kier molecular flexibility index (Phi) is 4.66. The van der Waals surface area contributed by atoms with Gasteiger partial charge < -0.3 is 0 Å². The van der Waals surface area contributed by atoms with E-state index in [4.69, 9.17) is 4.98 Å². The van der Waals surface area contributed by atoms with E-state index in [2.05, 4.69) is 170 Å². The predicted molar refractivity (Wildman–Crippen MR) is 181 cm³/mol. The zero-order chi connectivity index (χ0) is 28.8. The Morgan fingerprint density at radius 2 is 0.909 bits per heavy atom. The van der Waals surface area contributed by atoms with Gasteiger partial charge in [-0.3, -0.25) is 18.1 Å². The Hall–Kier alpha value is -6.07. The van der Waals surface area contributed by atoms with Crippen molar-refractivity contribution in [2.24, 2.45) is 0 Å². The molecular weight excluding hydrogens is 538 g/mol. The SMILES string of the molecule is c1ccc(-n2c3ccccc3c3c4ccccc4n(-c4cccc(-n5c6ccccc6n6c7ccccc7nc56)c4)c32)cc1. The van der Waals surface area contributed by atoms with Crippen molar-refractivity contribution in [3.63, 3.8) is 0 Å². The molecule has 0 aliphatic carbocycles. The van der Waals surface area contributed by atoms with Gasteiger partial charge in [-0.15, -0.1) is 0 Å². The summed E-state index contributed by atoms with van der Waals surface area (Å²) in [5.74, 6) is 0.908. The van der Waals surface area contributed by atoms with Crippen LogP contribution in [0.1, 0.15) is 0 Å². The van der Waals surface area contributed by atoms with Crippen LogP contribution in [0.2, 0.25) is 0 Å². The van der Waals surface area contributed by atoms with Crippen LogP contribution >= 0.6 is 0 Å². The normalized spacial score (nSPS) is 12.1. The highest BCUT2D eigenvalue weighted by molar-refractivity contribution is 6.22. The minimum absolute atomic E-state index is 0.908. The highest BCUT2D eigenvalue weighted by Gasteiger charge is 2.22. The second kappa shape index (κ2) is 8.72. The Balaban J connectivity index is 1.33. The Labute approximate surface area is 252 Å². The summed E-state index contributed by atoms with van der Waals surface area (Å²) >= 11 is 0. The van der Waals surface area contributed by atoms with Crippen LogP contribution < -0.4 is 0 Å². The van der Waals surface area contributed by atoms with E-state index >= 15 is 0 Å². The molecule has 4 aromatic heterocycles. The van der Waals surface area contributed by atoms with E-state index in [1.54, 1.807) is 0 Å². The maximum atomic E-state index is 5.12. The molecule has 0 saturated carbocycles. The monoisotopic (exact) mass is 563 g/mol. The summed E-state index contributed by atoms with van der Waals surface area (Å²) in [6.45, 7) is 0. The molecule has 5 heteroatoms. The van der Waals surface area contributed by atoms with Gasteiger partial charge in [0, 0.05) is 27.5 Å². The fourth-order valence-electron chi connectivity index (χ4n) is 7.17. The van der Waals surface area contributed by atoms with Crippen molar-refractivity contribution in [2.45, 2.75) is 0 Å². The van der Waals surface area contributed by atoms with E-state index in [0.29, 0.717) is 0 Å². The lowest BCUT2D eigenvalue weighted by Gasteiger charge is -2.14. The number of para-hydroxylation sites is 7. The molecule has 0 N–H and O–H groups in total. The maximum absolute atomic E-state index is 5.12. The summed E-state index contributed by atoms with van der Waals surface area (Å²) in [7, 11) is 0. The molecule has 44 heavy (non-hydrogen) atoms. The van der Waals surface area contributed by atoms with Gasteiger partial charge in [-0.25, -0.2) is 4.98 Å². The third-order valence-corrected chi connectivity index (χ3v) is 8.94. The number of benzene rings is 6. The molecule has 0 amide bonds. The second-order valence-electron chi connectivity index (χ2n) is 11.3. The Bertz CT molecular complexity index is 2720. The second-order valence-corrected chi connectivity index (χ2v) is 11.3. The molecule has 0 aliphatic heterocycles. The van der Waals surface area contributed by atoms with Gasteiger partial charge in [0.15, 0.2) is 0 Å². The fourth-order valence-corrected chi connectivity index (χ4v) is 7.17. The van der Waals surface area contributed by atoms with Crippen LogP contribution in [0.4, 0.5) is 0 Å². The number of aromatic nitrogens is 5. The van der Waals surface area contributed by atoms with E-state index in [-0.39, 0.29) is 0 Å². The van der Waals surface area contributed by atoms with E-state index in [9.17, 15) is 0 Å². The van der Waals surface area contributed by atoms with Crippen LogP contribution in [0.15, 0.2) is 152 Å². The van der Waals surface area contributed by atoms with Gasteiger partial charge in [-0.1, -0.05) is 84.9 Å². The first-order chi connectivity index (χ1) is 21.9. The van der Waals surface area contributed by atoms with Crippen LogP contribution in [-0.4, -0.2) is 23.1 Å². The molecule has 0 unspecified atom stereocenters. The number of hydrogen-bond acceptors (Lipinski definition) is 1. The first-order valence-corrected chi connectivity index (χ1v) is 14.9. The maximum Gasteiger partial charge on any atom is 0.220 e. The average Bonchev–Trinajstić information content (AvgIpc) is 3.80. The molecule has 0 radical (unpaired) electrons. The quantitative estimate of drug-likeness (QED) is 0.211. The van der Waals surface area contributed by atoms with Gasteiger partial charge in [-0.05, 0) is 66.7 Å². The third kappa shape index (κ3) is 3.05. The van der Waals surface area contributed by atoms with Gasteiger partial charge in [0.05, 0.1) is 38.8 Å². The predicted octanol–water partition coefficient (Wildman–Crippen LogP) is 9.47. The van der Waals surface area contributed by atoms with Crippen molar-refractivity contribution < 1.29 is 0 Å². The largest absolute Gasteiger partial charge is 0.295 e. The first-order valence-electron chi connectivity index (χ1n) is 14.9. The van der Waals surface area contributed by atoms with Crippen LogP contribution in [-0.2, 0) is 0 Å². The molecule has 0 aliphatic rings. The molecule has 0 fully saturated rings. The lowest BCUT2D eigenvalue weighted by atomic mass is 10.1. The smallest absolute Gasteiger partial charge is 0.220 e. The summed E-state index contributed by atoms with van der Waals surface area (Å²) in [5.41, 5.74) is 11.2. The van der Waals surface area contributed by atoms with Crippen LogP contribution in [0.5, 0.6) is 0 Å². The van der Waals surface area contributed by atoms with Crippen molar-refractivity contribution >= 4 is 60.7 Å². The average molecular weight is 564 g/mol. The van der Waals surface area contributed by atoms with E-state index in [1.807, 2.05) is 0 Å². The van der Waals surface area contributed by atoms with Crippen LogP contribution in [0.3, 0.4) is 0 Å². The lowest BCUT2D eigenvalue weighted by molar-refractivity contribution is 1.05. The van der Waals surface area contributed by atoms with Gasteiger partial charge in [0.1, 0.15) is 5.65 Å². The molecule has 206 valence electrons. The van der Waals surface area contributed by atoms with Crippen molar-refractivity contribution in [3.05, 3.63) is 152 Å². The number of hydrogen-bond donors (Lipinski definition) is 0. The topological polar surface area (TPSA) is 32.1 Å². The van der Waals surface area contributed by atoms with Crippen molar-refractivity contribution in [1.29, 1.82) is 0 Å². The van der Waals surface area contributed by atoms with Crippen LogP contribution in [0.25, 0.3) is 77.7 Å². The molecule has 10 aromatic rings. The summed E-state index contributed by atoms with van der Waals surface area (Å²) in [6.07, 6.45) is 0. The van der Waals surface area contributed by atoms with E-state index in [0.717, 1.165) is 50.6 Å². The third-order valence-electron chi connectivity index (χ3n) is 8.94. The minimum Gasteiger partial charge on any atom is -0.295 e. The minimum atomic E-state index is 0.908. The fraction of sp³-hybridized carbons (Fsp3) is 0. The van der Waals surface area contributed by atoms with Gasteiger partial charge in [-0.2, -0.15) is 0 Å². The summed E-state index contributed by atoms with van der Waals surface area (Å²) < 4.78 is 9.39. The molecule has 0 spiro atoms. The molecule has 5 nitrogen and oxygen atoms in total. The molecular formula is C39H25N5. The van der Waals surface area contributed by atoms with Gasteiger partial charge in [0.25, 0.3) is 0 Å². The highest BCUT2D eigenvalue weighted by Crippen LogP contribution is 2.41. The first kappa shape index (κ1) is 23.5. The van der Waals surface area contributed by atoms with Crippen molar-refractivity contribution in [2.75, 3.05) is 0 Å². The standard InChI is InChI=1S/C39H25N5/c1-2-13-26(14-3-1)41-32-20-7-4-17-29(32)37-30-18-5-8-21-33(30)42(38(37)41)27-15-12-16-28(25-27)43-35-23-10-11-24-36(35)44-34-22-9-6-19-31(34)40-39(43)44/h1-25H. The highest BCUT2D eigenvalue weighted by atomic mass is 15.2. The molecule has 6 aromatic carbocycles. The Morgan fingerprint density at radius 3 is 1.64 bits per heavy atom. The lowest BCUT2D eigenvalue weighted by Crippen LogP contribution is -2.03. The zero-order valence-corrected chi connectivity index (χ0v) is 23.7. The molecule has 10 rings (SSSR count). The van der Waals surface area contributed by atoms with Gasteiger partial charge in [0.2, 0.25) is 5.78 Å². The van der Waals surface area contributed by atoms with Crippen LogP contribution in [0, 0.1) is 0 Å². The summed E-state index contributed by atoms with van der Waals surface area (Å²) in [6, 6.07) is 54.0. The summed E-state index contributed by atoms with van der Waals surface area (Å²) in [4.78, 5) is 5.12. The van der Waals surface area contributed by atoms with Crippen molar-refractivity contribution in [3.8, 4) is 17.1 Å². The Morgan fingerprint density at radius 1 is 0.386 bits per heavy atom. The molecule has 0 atom stereocenters. The zero-order valence-electron chi connectivity index (χ0n) is 23.7. The number of nitrogens with zero attached hydrogens (tertiary/aromatic N) is 5. The molecule has 4 heterocycles. The molecule has 0 bridgehead atoms. The van der Waals surface area contributed by atoms with Gasteiger partial charge >= 0.3 is 0 Å². The number of rotatable bonds is 3. The van der Waals surface area contributed by atoms with Crippen molar-refractivity contribution in [1.82, 2.24) is 23.1 Å². The van der Waals surface area contributed by atoms with E-state index < -0.39 is 0 Å². The summed E-state index contributed by atoms with van der Waals surface area (Å²) in [5, 5.41) is 3.76. The number of imidazole rings is 2. The number of fused-ring (bicyclic) bond motifs is 10.